The number of likely N-dealkylation sites (N-methyl/N-ethyl adjacent to an activating group) is 1. The van der Waals surface area contributed by atoms with Crippen molar-refractivity contribution in [3.05, 3.63) is 48.0 Å². The Morgan fingerprint density at radius 1 is 1.25 bits per heavy atom. The number of hydrogen-bond acceptors (Lipinski definition) is 4. The highest BCUT2D eigenvalue weighted by molar-refractivity contribution is 5.86. The third kappa shape index (κ3) is 5.55. The fourth-order valence-electron chi connectivity index (χ4n) is 3.75. The van der Waals surface area contributed by atoms with Crippen LogP contribution in [0.3, 0.4) is 0 Å². The van der Waals surface area contributed by atoms with Crippen molar-refractivity contribution in [2.75, 3.05) is 32.8 Å². The van der Waals surface area contributed by atoms with Gasteiger partial charge in [-0.1, -0.05) is 56.3 Å². The van der Waals surface area contributed by atoms with Gasteiger partial charge in [0, 0.05) is 15.8 Å². The number of rotatable bonds is 10. The third-order valence-corrected chi connectivity index (χ3v) is 5.37. The van der Waals surface area contributed by atoms with Crippen molar-refractivity contribution in [2.45, 2.75) is 45.6 Å². The zero-order valence-electron chi connectivity index (χ0n) is 20.8. The van der Waals surface area contributed by atoms with Crippen molar-refractivity contribution < 1.29 is 19.8 Å². The van der Waals surface area contributed by atoms with Crippen LogP contribution in [0.5, 0.6) is 0 Å². The van der Waals surface area contributed by atoms with Crippen molar-refractivity contribution in [3.8, 4) is 0 Å². The molecule has 0 saturated carbocycles. The van der Waals surface area contributed by atoms with Crippen LogP contribution in [0.25, 0.3) is 10.8 Å². The molecule has 0 aromatic heterocycles. The van der Waals surface area contributed by atoms with E-state index in [2.05, 4.69) is 0 Å². The molecule has 0 spiro atoms. The maximum atomic E-state index is 13.2. The van der Waals surface area contributed by atoms with E-state index in [1.165, 1.54) is 4.90 Å². The Bertz CT molecular complexity index is 906. The molecule has 0 N–H and O–H groups in total. The molecule has 4 heteroatoms. The molecule has 1 heterocycles. The Hall–Kier alpha value is -1.91. The number of ether oxygens (including phenoxy) is 2. The minimum Gasteiger partial charge on any atom is -0.464 e. The Morgan fingerprint density at radius 3 is 2.79 bits per heavy atom. The quantitative estimate of drug-likeness (QED) is 0.565. The van der Waals surface area contributed by atoms with Gasteiger partial charge in [-0.3, -0.25) is 4.79 Å². The molecule has 0 amide bonds. The van der Waals surface area contributed by atoms with Crippen LogP contribution in [0.15, 0.2) is 42.5 Å². The summed E-state index contributed by atoms with van der Waals surface area (Å²) >= 11 is 0. The van der Waals surface area contributed by atoms with Gasteiger partial charge in [0.05, 0.1) is 14.8 Å². The molecular formula is C24H33NO3. The van der Waals surface area contributed by atoms with E-state index in [4.69, 9.17) is 15.0 Å². The number of esters is 1. The molecule has 2 aromatic rings. The SMILES string of the molecule is [2H]C([2H])(OC(=O)C(Cc1cccc2ccccc12)CC1CCCO1)C([2H])([2H])N(CC)CC. The minimum absolute atomic E-state index is 0.0760. The first-order valence-corrected chi connectivity index (χ1v) is 10.3. The molecule has 1 fully saturated rings. The lowest BCUT2D eigenvalue weighted by atomic mass is 9.90. The van der Waals surface area contributed by atoms with Crippen LogP contribution in [0.2, 0.25) is 0 Å². The van der Waals surface area contributed by atoms with E-state index >= 15 is 0 Å². The van der Waals surface area contributed by atoms with Gasteiger partial charge in [0.2, 0.25) is 0 Å². The highest BCUT2D eigenvalue weighted by Crippen LogP contribution is 2.27. The van der Waals surface area contributed by atoms with Crippen LogP contribution in [0.1, 0.15) is 44.2 Å². The van der Waals surface area contributed by atoms with Gasteiger partial charge in [0.25, 0.3) is 0 Å². The number of fused-ring (bicyclic) bond motifs is 1. The maximum absolute atomic E-state index is 13.2. The van der Waals surface area contributed by atoms with Crippen molar-refractivity contribution in [2.24, 2.45) is 5.92 Å². The molecule has 2 atom stereocenters. The van der Waals surface area contributed by atoms with Gasteiger partial charge >= 0.3 is 5.97 Å². The molecule has 4 nitrogen and oxygen atoms in total. The highest BCUT2D eigenvalue weighted by Gasteiger charge is 2.27. The van der Waals surface area contributed by atoms with Gasteiger partial charge in [-0.15, -0.1) is 0 Å². The first-order chi connectivity index (χ1) is 15.2. The summed E-state index contributed by atoms with van der Waals surface area (Å²) in [4.78, 5) is 14.5. The van der Waals surface area contributed by atoms with E-state index in [1.807, 2.05) is 42.5 Å². The predicted octanol–water partition coefficient (Wildman–Crippen LogP) is 4.45. The lowest BCUT2D eigenvalue weighted by Crippen LogP contribution is -2.30. The van der Waals surface area contributed by atoms with E-state index in [0.717, 1.165) is 29.2 Å². The van der Waals surface area contributed by atoms with Gasteiger partial charge in [-0.2, -0.15) is 0 Å². The van der Waals surface area contributed by atoms with Gasteiger partial charge in [0.1, 0.15) is 6.56 Å². The van der Waals surface area contributed by atoms with Gasteiger partial charge in [-0.25, -0.2) is 0 Å². The molecule has 2 aromatic carbocycles. The molecule has 1 aliphatic heterocycles. The van der Waals surface area contributed by atoms with Crippen LogP contribution in [-0.4, -0.2) is 49.7 Å². The Morgan fingerprint density at radius 2 is 2.04 bits per heavy atom. The van der Waals surface area contributed by atoms with E-state index in [-0.39, 0.29) is 6.10 Å². The number of benzene rings is 2. The average molecular weight is 388 g/mol. The predicted molar refractivity (Wildman–Crippen MR) is 113 cm³/mol. The summed E-state index contributed by atoms with van der Waals surface area (Å²) in [6.45, 7) is -0.471. The van der Waals surface area contributed by atoms with Gasteiger partial charge < -0.3 is 14.4 Å². The van der Waals surface area contributed by atoms with Gasteiger partial charge in [-0.05, 0) is 55.1 Å². The Balaban J connectivity index is 1.85. The van der Waals surface area contributed by atoms with Crippen LogP contribution in [-0.2, 0) is 20.7 Å². The highest BCUT2D eigenvalue weighted by atomic mass is 16.5. The normalized spacial score (nSPS) is 21.0. The van der Waals surface area contributed by atoms with Gasteiger partial charge in [0.15, 0.2) is 0 Å². The summed E-state index contributed by atoms with van der Waals surface area (Å²) in [5, 5.41) is 2.11. The lowest BCUT2D eigenvalue weighted by molar-refractivity contribution is -0.150. The second-order valence-electron chi connectivity index (χ2n) is 7.22. The monoisotopic (exact) mass is 387 g/mol. The zero-order chi connectivity index (χ0) is 23.4. The number of carbonyl (C=O) groups is 1. The van der Waals surface area contributed by atoms with E-state index in [1.54, 1.807) is 13.8 Å². The van der Waals surface area contributed by atoms with Crippen molar-refractivity contribution in [1.82, 2.24) is 4.90 Å². The first kappa shape index (κ1) is 15.9. The van der Waals surface area contributed by atoms with Crippen LogP contribution in [0.4, 0.5) is 0 Å². The van der Waals surface area contributed by atoms with E-state index < -0.39 is 24.9 Å². The summed E-state index contributed by atoms with van der Waals surface area (Å²) < 4.78 is 44.1. The largest absolute Gasteiger partial charge is 0.464 e. The lowest BCUT2D eigenvalue weighted by Gasteiger charge is -2.22. The average Bonchev–Trinajstić information content (AvgIpc) is 3.27. The summed E-state index contributed by atoms with van der Waals surface area (Å²) in [5.74, 6) is -1.36. The van der Waals surface area contributed by atoms with Crippen LogP contribution < -0.4 is 0 Å². The van der Waals surface area contributed by atoms with Crippen molar-refractivity contribution >= 4 is 16.7 Å². The Kier molecular flexibility index (Phi) is 6.03. The second-order valence-corrected chi connectivity index (χ2v) is 7.22. The molecular weight excluding hydrogens is 350 g/mol. The number of nitrogens with zero attached hydrogens (tertiary/aromatic N) is 1. The van der Waals surface area contributed by atoms with Crippen LogP contribution in [0, 0.1) is 5.92 Å². The molecule has 0 radical (unpaired) electrons. The smallest absolute Gasteiger partial charge is 0.309 e. The molecule has 0 aliphatic carbocycles. The summed E-state index contributed by atoms with van der Waals surface area (Å²) in [5.41, 5.74) is 0.982. The molecule has 1 aliphatic rings. The molecule has 152 valence electrons. The molecule has 28 heavy (non-hydrogen) atoms. The number of carbonyl (C=O) groups excluding carboxylic acids is 1. The molecule has 1 saturated heterocycles. The molecule has 0 bridgehead atoms. The van der Waals surface area contributed by atoms with Crippen molar-refractivity contribution in [1.29, 1.82) is 0 Å². The van der Waals surface area contributed by atoms with E-state index in [9.17, 15) is 4.79 Å². The minimum atomic E-state index is -2.79. The first-order valence-electron chi connectivity index (χ1n) is 12.3. The second kappa shape index (κ2) is 10.6. The third-order valence-electron chi connectivity index (χ3n) is 5.37. The summed E-state index contributed by atoms with van der Waals surface area (Å²) in [6, 6.07) is 13.9. The maximum Gasteiger partial charge on any atom is 0.309 e. The molecule has 2 unspecified atom stereocenters. The fraction of sp³-hybridized carbons (Fsp3) is 0.542. The topological polar surface area (TPSA) is 38.8 Å². The number of hydrogen-bond donors (Lipinski definition) is 0. The van der Waals surface area contributed by atoms with Crippen molar-refractivity contribution in [3.63, 3.8) is 0 Å². The summed E-state index contributed by atoms with van der Waals surface area (Å²) in [6.07, 6.45) is 2.52. The molecule has 3 rings (SSSR count). The van der Waals surface area contributed by atoms with Crippen LogP contribution >= 0.6 is 0 Å². The zero-order valence-corrected chi connectivity index (χ0v) is 16.8. The van der Waals surface area contributed by atoms with E-state index in [0.29, 0.717) is 32.5 Å². The summed E-state index contributed by atoms with van der Waals surface area (Å²) in [7, 11) is 0. The Labute approximate surface area is 174 Å². The standard InChI is InChI=1S/C24H33NO3/c1-3-25(4-2)14-16-28-24(26)21(18-22-12-8-15-27-22)17-20-11-7-10-19-9-5-6-13-23(19)20/h5-7,9-11,13,21-22H,3-4,8,12,14-18H2,1-2H3/i14D2,16D2. The fourth-order valence-corrected chi connectivity index (χ4v) is 3.75.